The van der Waals surface area contributed by atoms with Crippen molar-refractivity contribution in [3.05, 3.63) is 65.9 Å². The molecule has 0 radical (unpaired) electrons. The number of aryl methyl sites for hydroxylation is 1. The standard InChI is InChI=1S/C25H31N3O3/c1-4-22-21(17-27(16-18(2)29)19-14-15-19)25(28(26-22)20-10-6-5-7-11-20)31-24-13-9-8-12-23(24)30-3/h5-13,18-19,29H,4,14-17H2,1-3H3/t18-/m0/s1. The molecule has 4 rings (SSSR count). The van der Waals surface area contributed by atoms with Gasteiger partial charge in [-0.25, -0.2) is 4.68 Å². The van der Waals surface area contributed by atoms with Gasteiger partial charge < -0.3 is 14.6 Å². The van der Waals surface area contributed by atoms with Gasteiger partial charge in [0.1, 0.15) is 0 Å². The van der Waals surface area contributed by atoms with E-state index in [1.165, 1.54) is 12.8 Å². The summed E-state index contributed by atoms with van der Waals surface area (Å²) >= 11 is 0. The number of rotatable bonds is 10. The van der Waals surface area contributed by atoms with Crippen LogP contribution in [0.1, 0.15) is 37.9 Å². The highest BCUT2D eigenvalue weighted by Crippen LogP contribution is 2.38. The number of ether oxygens (including phenoxy) is 2. The van der Waals surface area contributed by atoms with Crippen LogP contribution >= 0.6 is 0 Å². The smallest absolute Gasteiger partial charge is 0.227 e. The highest BCUT2D eigenvalue weighted by Gasteiger charge is 2.32. The molecular formula is C25H31N3O3. The zero-order valence-corrected chi connectivity index (χ0v) is 18.5. The number of nitrogens with zero attached hydrogens (tertiary/aromatic N) is 3. The summed E-state index contributed by atoms with van der Waals surface area (Å²) in [6.07, 6.45) is 2.76. The number of benzene rings is 2. The second-order valence-corrected chi connectivity index (χ2v) is 8.09. The van der Waals surface area contributed by atoms with Gasteiger partial charge in [0.05, 0.1) is 30.2 Å². The maximum Gasteiger partial charge on any atom is 0.227 e. The second kappa shape index (κ2) is 9.54. The molecule has 0 amide bonds. The minimum Gasteiger partial charge on any atom is -0.493 e. The number of hydrogen-bond acceptors (Lipinski definition) is 5. The van der Waals surface area contributed by atoms with E-state index in [9.17, 15) is 5.11 Å². The van der Waals surface area contributed by atoms with Crippen molar-refractivity contribution >= 4 is 0 Å². The van der Waals surface area contributed by atoms with Gasteiger partial charge in [-0.2, -0.15) is 5.10 Å². The van der Waals surface area contributed by atoms with Crippen LogP contribution in [0.25, 0.3) is 5.69 Å². The van der Waals surface area contributed by atoms with Gasteiger partial charge in [0, 0.05) is 19.1 Å². The number of aromatic nitrogens is 2. The van der Waals surface area contributed by atoms with Crippen LogP contribution in [0.4, 0.5) is 0 Å². The van der Waals surface area contributed by atoms with E-state index in [2.05, 4.69) is 11.8 Å². The molecule has 1 N–H and O–H groups in total. The molecule has 1 aliphatic rings. The Morgan fingerprint density at radius 2 is 1.77 bits per heavy atom. The first-order valence-corrected chi connectivity index (χ1v) is 11.0. The average molecular weight is 422 g/mol. The summed E-state index contributed by atoms with van der Waals surface area (Å²) in [5.74, 6) is 2.03. The monoisotopic (exact) mass is 421 g/mol. The molecule has 2 aromatic carbocycles. The summed E-state index contributed by atoms with van der Waals surface area (Å²) in [4.78, 5) is 2.35. The molecule has 1 aromatic heterocycles. The number of para-hydroxylation sites is 3. The molecule has 1 aliphatic carbocycles. The maximum absolute atomic E-state index is 10.0. The van der Waals surface area contributed by atoms with Gasteiger partial charge >= 0.3 is 0 Å². The molecule has 0 aliphatic heterocycles. The van der Waals surface area contributed by atoms with Crippen LogP contribution in [0.3, 0.4) is 0 Å². The zero-order valence-electron chi connectivity index (χ0n) is 18.5. The van der Waals surface area contributed by atoms with Crippen molar-refractivity contribution in [2.24, 2.45) is 0 Å². The van der Waals surface area contributed by atoms with Crippen LogP contribution in [0.5, 0.6) is 17.4 Å². The molecule has 1 fully saturated rings. The molecular weight excluding hydrogens is 390 g/mol. The molecule has 1 saturated carbocycles. The van der Waals surface area contributed by atoms with E-state index in [-0.39, 0.29) is 6.10 Å². The molecule has 31 heavy (non-hydrogen) atoms. The SMILES string of the molecule is CCc1nn(-c2ccccc2)c(Oc2ccccc2OC)c1CN(C[C@H](C)O)C1CC1. The summed E-state index contributed by atoms with van der Waals surface area (Å²) in [5.41, 5.74) is 3.01. The van der Waals surface area contributed by atoms with E-state index in [1.807, 2.05) is 66.2 Å². The molecule has 6 nitrogen and oxygen atoms in total. The summed E-state index contributed by atoms with van der Waals surface area (Å²) in [5, 5.41) is 15.0. The first kappa shape index (κ1) is 21.4. The van der Waals surface area contributed by atoms with E-state index >= 15 is 0 Å². The highest BCUT2D eigenvalue weighted by atomic mass is 16.5. The van der Waals surface area contributed by atoms with Gasteiger partial charge in [-0.1, -0.05) is 37.3 Å². The van der Waals surface area contributed by atoms with Crippen LogP contribution in [-0.4, -0.2) is 45.6 Å². The summed E-state index contributed by atoms with van der Waals surface area (Å²) in [7, 11) is 1.65. The first-order chi connectivity index (χ1) is 15.1. The average Bonchev–Trinajstić information content (AvgIpc) is 3.58. The van der Waals surface area contributed by atoms with E-state index < -0.39 is 0 Å². The molecule has 1 atom stereocenters. The van der Waals surface area contributed by atoms with Crippen molar-refractivity contribution in [1.82, 2.24) is 14.7 Å². The van der Waals surface area contributed by atoms with Crippen LogP contribution in [0.2, 0.25) is 0 Å². The Kier molecular flexibility index (Phi) is 6.59. The summed E-state index contributed by atoms with van der Waals surface area (Å²) < 4.78 is 13.9. The predicted octanol–water partition coefficient (Wildman–Crippen LogP) is 4.58. The quantitative estimate of drug-likeness (QED) is 0.519. The van der Waals surface area contributed by atoms with Gasteiger partial charge in [-0.05, 0) is 50.5 Å². The normalized spacial score (nSPS) is 14.6. The topological polar surface area (TPSA) is 59.8 Å². The fraction of sp³-hybridized carbons (Fsp3) is 0.400. The van der Waals surface area contributed by atoms with E-state index in [4.69, 9.17) is 14.6 Å². The van der Waals surface area contributed by atoms with Crippen LogP contribution in [-0.2, 0) is 13.0 Å². The van der Waals surface area contributed by atoms with Crippen molar-refractivity contribution in [3.8, 4) is 23.1 Å². The minimum atomic E-state index is -0.381. The Labute approximate surface area is 184 Å². The third kappa shape index (κ3) is 4.92. The minimum absolute atomic E-state index is 0.381. The summed E-state index contributed by atoms with van der Waals surface area (Å²) in [6.45, 7) is 5.29. The third-order valence-corrected chi connectivity index (χ3v) is 5.55. The Morgan fingerprint density at radius 1 is 1.10 bits per heavy atom. The molecule has 0 unspecified atom stereocenters. The lowest BCUT2D eigenvalue weighted by Gasteiger charge is -2.24. The zero-order chi connectivity index (χ0) is 21.8. The van der Waals surface area contributed by atoms with Crippen molar-refractivity contribution in [3.63, 3.8) is 0 Å². The first-order valence-electron chi connectivity index (χ1n) is 11.0. The van der Waals surface area contributed by atoms with Crippen molar-refractivity contribution in [2.45, 2.75) is 51.8 Å². The number of methoxy groups -OCH3 is 1. The Bertz CT molecular complexity index is 997. The van der Waals surface area contributed by atoms with Crippen molar-refractivity contribution in [1.29, 1.82) is 0 Å². The lowest BCUT2D eigenvalue weighted by Crippen LogP contribution is -2.32. The lowest BCUT2D eigenvalue weighted by molar-refractivity contribution is 0.117. The molecule has 0 spiro atoms. The second-order valence-electron chi connectivity index (χ2n) is 8.09. The van der Waals surface area contributed by atoms with Gasteiger partial charge in [-0.15, -0.1) is 0 Å². The molecule has 164 valence electrons. The number of aliphatic hydroxyl groups is 1. The van der Waals surface area contributed by atoms with E-state index in [1.54, 1.807) is 7.11 Å². The third-order valence-electron chi connectivity index (χ3n) is 5.55. The number of hydrogen-bond donors (Lipinski definition) is 1. The Morgan fingerprint density at radius 3 is 2.39 bits per heavy atom. The van der Waals surface area contributed by atoms with Crippen LogP contribution in [0, 0.1) is 0 Å². The van der Waals surface area contributed by atoms with Gasteiger partial charge in [0.25, 0.3) is 0 Å². The Balaban J connectivity index is 1.79. The fourth-order valence-corrected chi connectivity index (χ4v) is 3.90. The van der Waals surface area contributed by atoms with Gasteiger partial charge in [0.15, 0.2) is 11.5 Å². The van der Waals surface area contributed by atoms with Gasteiger partial charge in [-0.3, -0.25) is 4.90 Å². The molecule has 0 bridgehead atoms. The molecule has 6 heteroatoms. The maximum atomic E-state index is 10.0. The van der Waals surface area contributed by atoms with Crippen molar-refractivity contribution < 1.29 is 14.6 Å². The number of aliphatic hydroxyl groups excluding tert-OH is 1. The molecule has 3 aromatic rings. The van der Waals surface area contributed by atoms with Crippen molar-refractivity contribution in [2.75, 3.05) is 13.7 Å². The Hall–Kier alpha value is -2.83. The van der Waals surface area contributed by atoms with Crippen LogP contribution < -0.4 is 9.47 Å². The van der Waals surface area contributed by atoms with Crippen LogP contribution in [0.15, 0.2) is 54.6 Å². The summed E-state index contributed by atoms with van der Waals surface area (Å²) in [6, 6.07) is 18.2. The molecule has 0 saturated heterocycles. The van der Waals surface area contributed by atoms with Gasteiger partial charge in [0.2, 0.25) is 5.88 Å². The molecule has 1 heterocycles. The van der Waals surface area contributed by atoms with E-state index in [0.717, 1.165) is 23.4 Å². The predicted molar refractivity (Wildman–Crippen MR) is 121 cm³/mol. The largest absolute Gasteiger partial charge is 0.493 e. The highest BCUT2D eigenvalue weighted by molar-refractivity contribution is 5.47. The lowest BCUT2D eigenvalue weighted by atomic mass is 10.1. The van der Waals surface area contributed by atoms with E-state index in [0.29, 0.717) is 36.5 Å². The fourth-order valence-electron chi connectivity index (χ4n) is 3.90.